The number of rotatable bonds is 4. The molecule has 0 bridgehead atoms. The molecule has 1 N–H and O–H groups in total. The van der Waals surface area contributed by atoms with Crippen LogP contribution in [0.25, 0.3) is 0 Å². The molecule has 1 aliphatic carbocycles. The Labute approximate surface area is 110 Å². The highest BCUT2D eigenvalue weighted by atomic mass is 32.2. The maximum absolute atomic E-state index is 12.5. The summed E-state index contributed by atoms with van der Waals surface area (Å²) >= 11 is 0. The van der Waals surface area contributed by atoms with Crippen LogP contribution >= 0.6 is 0 Å². The zero-order chi connectivity index (χ0) is 14.1. The van der Waals surface area contributed by atoms with E-state index in [1.54, 1.807) is 13.8 Å². The smallest absolute Gasteiger partial charge is 0.322 e. The molecule has 0 heterocycles. The Morgan fingerprint density at radius 1 is 1.11 bits per heavy atom. The topological polar surface area (TPSA) is 71.4 Å². The van der Waals surface area contributed by atoms with E-state index >= 15 is 0 Å². The minimum atomic E-state index is -3.59. The van der Waals surface area contributed by atoms with Gasteiger partial charge in [-0.1, -0.05) is 27.7 Å². The number of hydrogen-bond donors (Lipinski definition) is 1. The van der Waals surface area contributed by atoms with Crippen LogP contribution < -0.4 is 0 Å². The van der Waals surface area contributed by atoms with Crippen molar-refractivity contribution < 1.29 is 18.3 Å². The molecule has 4 nitrogen and oxygen atoms in total. The Kier molecular flexibility index (Phi) is 4.81. The summed E-state index contributed by atoms with van der Waals surface area (Å²) in [4.78, 5) is 11.2. The first-order chi connectivity index (χ1) is 8.16. The summed E-state index contributed by atoms with van der Waals surface area (Å²) in [6.45, 7) is 7.41. The summed E-state index contributed by atoms with van der Waals surface area (Å²) in [7, 11) is -3.59. The van der Waals surface area contributed by atoms with Crippen LogP contribution in [0, 0.1) is 17.8 Å². The molecular weight excluding hydrogens is 252 g/mol. The number of hydrogen-bond acceptors (Lipinski definition) is 3. The normalized spacial score (nSPS) is 31.3. The van der Waals surface area contributed by atoms with Crippen molar-refractivity contribution in [2.45, 2.75) is 57.5 Å². The highest BCUT2D eigenvalue weighted by molar-refractivity contribution is 7.93. The summed E-state index contributed by atoms with van der Waals surface area (Å²) in [5.41, 5.74) is 0. The highest BCUT2D eigenvalue weighted by Gasteiger charge is 2.43. The maximum atomic E-state index is 12.5. The second-order valence-corrected chi connectivity index (χ2v) is 8.48. The van der Waals surface area contributed by atoms with Gasteiger partial charge in [0, 0.05) is 0 Å². The Morgan fingerprint density at radius 2 is 1.56 bits per heavy atom. The average molecular weight is 276 g/mol. The van der Waals surface area contributed by atoms with Crippen molar-refractivity contribution in [3.8, 4) is 0 Å². The van der Waals surface area contributed by atoms with E-state index in [9.17, 15) is 13.2 Å². The standard InChI is InChI=1S/C13H24O4S/c1-8(2)12(13(14)15)18(16,17)11-6-9(3)5-10(4)7-11/h8-12H,5-7H2,1-4H3,(H,14,15). The van der Waals surface area contributed by atoms with E-state index in [0.717, 1.165) is 6.42 Å². The van der Waals surface area contributed by atoms with Crippen LogP contribution in [0.3, 0.4) is 0 Å². The molecule has 1 rings (SSSR count). The Morgan fingerprint density at radius 3 is 1.89 bits per heavy atom. The van der Waals surface area contributed by atoms with Gasteiger partial charge >= 0.3 is 5.97 Å². The minimum absolute atomic E-state index is 0.357. The molecule has 0 amide bonds. The van der Waals surface area contributed by atoms with E-state index in [4.69, 9.17) is 5.11 Å². The van der Waals surface area contributed by atoms with Gasteiger partial charge in [0.1, 0.15) is 0 Å². The van der Waals surface area contributed by atoms with E-state index in [0.29, 0.717) is 24.7 Å². The van der Waals surface area contributed by atoms with E-state index in [1.165, 1.54) is 0 Å². The number of sulfone groups is 1. The number of carboxylic acids is 1. The van der Waals surface area contributed by atoms with Crippen LogP contribution in [0.15, 0.2) is 0 Å². The van der Waals surface area contributed by atoms with Crippen LogP contribution in [0.5, 0.6) is 0 Å². The van der Waals surface area contributed by atoms with Gasteiger partial charge in [-0.2, -0.15) is 0 Å². The molecule has 106 valence electrons. The molecule has 1 fully saturated rings. The molecule has 3 unspecified atom stereocenters. The van der Waals surface area contributed by atoms with Gasteiger partial charge < -0.3 is 5.11 Å². The molecule has 18 heavy (non-hydrogen) atoms. The molecule has 1 saturated carbocycles. The predicted molar refractivity (Wildman–Crippen MR) is 71.1 cm³/mol. The first kappa shape index (κ1) is 15.5. The lowest BCUT2D eigenvalue weighted by molar-refractivity contribution is -0.137. The molecule has 0 aromatic rings. The average Bonchev–Trinajstić information content (AvgIpc) is 2.13. The Balaban J connectivity index is 3.01. The summed E-state index contributed by atoms with van der Waals surface area (Å²) in [5, 5.41) is 7.41. The SMILES string of the molecule is CC1CC(C)CC(S(=O)(=O)C(C(=O)O)C(C)C)C1. The van der Waals surface area contributed by atoms with Crippen molar-refractivity contribution >= 4 is 15.8 Å². The molecule has 1 aliphatic rings. The first-order valence-electron chi connectivity index (χ1n) is 6.61. The summed E-state index contributed by atoms with van der Waals surface area (Å²) in [6, 6.07) is 0. The lowest BCUT2D eigenvalue weighted by Gasteiger charge is -2.33. The lowest BCUT2D eigenvalue weighted by Crippen LogP contribution is -2.43. The van der Waals surface area contributed by atoms with Crippen molar-refractivity contribution in [2.75, 3.05) is 0 Å². The fraction of sp³-hybridized carbons (Fsp3) is 0.923. The highest BCUT2D eigenvalue weighted by Crippen LogP contribution is 2.35. The largest absolute Gasteiger partial charge is 0.480 e. The van der Waals surface area contributed by atoms with E-state index in [1.807, 2.05) is 13.8 Å². The Hall–Kier alpha value is -0.580. The van der Waals surface area contributed by atoms with Crippen molar-refractivity contribution in [3.05, 3.63) is 0 Å². The third-order valence-corrected chi connectivity index (χ3v) is 6.57. The second kappa shape index (κ2) is 5.59. The van der Waals surface area contributed by atoms with Gasteiger partial charge in [-0.3, -0.25) is 4.79 Å². The van der Waals surface area contributed by atoms with E-state index in [2.05, 4.69) is 0 Å². The predicted octanol–water partition coefficient (Wildman–Crippen LogP) is 2.34. The van der Waals surface area contributed by atoms with Gasteiger partial charge in [-0.25, -0.2) is 8.42 Å². The minimum Gasteiger partial charge on any atom is -0.480 e. The Bertz CT molecular complexity index is 389. The van der Waals surface area contributed by atoms with Crippen LogP contribution in [-0.4, -0.2) is 30.0 Å². The van der Waals surface area contributed by atoms with Crippen molar-refractivity contribution in [3.63, 3.8) is 0 Å². The maximum Gasteiger partial charge on any atom is 0.322 e. The zero-order valence-corrected chi connectivity index (χ0v) is 12.4. The van der Waals surface area contributed by atoms with Gasteiger partial charge in [0.15, 0.2) is 15.1 Å². The third-order valence-electron chi connectivity index (χ3n) is 3.80. The fourth-order valence-electron chi connectivity index (χ4n) is 3.15. The van der Waals surface area contributed by atoms with Crippen molar-refractivity contribution in [1.29, 1.82) is 0 Å². The van der Waals surface area contributed by atoms with Gasteiger partial charge in [0.05, 0.1) is 5.25 Å². The van der Waals surface area contributed by atoms with Crippen LogP contribution in [0.2, 0.25) is 0 Å². The van der Waals surface area contributed by atoms with Gasteiger partial charge in [-0.15, -0.1) is 0 Å². The van der Waals surface area contributed by atoms with Crippen LogP contribution in [0.1, 0.15) is 47.0 Å². The molecule has 0 aromatic carbocycles. The van der Waals surface area contributed by atoms with E-state index in [-0.39, 0.29) is 5.92 Å². The third kappa shape index (κ3) is 3.25. The molecule has 0 radical (unpaired) electrons. The molecule has 3 atom stereocenters. The molecule has 5 heteroatoms. The number of carboxylic acid groups (broad SMARTS) is 1. The summed E-state index contributed by atoms with van der Waals surface area (Å²) < 4.78 is 25.0. The van der Waals surface area contributed by atoms with Crippen LogP contribution in [0.4, 0.5) is 0 Å². The molecule has 0 spiro atoms. The fourth-order valence-corrected chi connectivity index (χ4v) is 5.80. The van der Waals surface area contributed by atoms with Crippen LogP contribution in [-0.2, 0) is 14.6 Å². The molecule has 0 aliphatic heterocycles. The van der Waals surface area contributed by atoms with Gasteiger partial charge in [0.25, 0.3) is 0 Å². The van der Waals surface area contributed by atoms with Gasteiger partial charge in [0.2, 0.25) is 0 Å². The molecular formula is C13H24O4S. The van der Waals surface area contributed by atoms with Gasteiger partial charge in [-0.05, 0) is 37.0 Å². The quantitative estimate of drug-likeness (QED) is 0.855. The first-order valence-corrected chi connectivity index (χ1v) is 8.22. The molecule has 0 aromatic heterocycles. The van der Waals surface area contributed by atoms with E-state index < -0.39 is 26.3 Å². The monoisotopic (exact) mass is 276 g/mol. The number of aliphatic carboxylic acids is 1. The summed E-state index contributed by atoms with van der Waals surface area (Å²) in [5.74, 6) is -0.888. The van der Waals surface area contributed by atoms with Crippen molar-refractivity contribution in [2.24, 2.45) is 17.8 Å². The summed E-state index contributed by atoms with van der Waals surface area (Å²) in [6.07, 6.45) is 2.23. The van der Waals surface area contributed by atoms with Crippen molar-refractivity contribution in [1.82, 2.24) is 0 Å². The second-order valence-electron chi connectivity index (χ2n) is 6.13. The lowest BCUT2D eigenvalue weighted by atomic mass is 9.83. The molecule has 0 saturated heterocycles. The zero-order valence-electron chi connectivity index (χ0n) is 11.6. The number of carbonyl (C=O) groups is 1.